The molecule has 1 aliphatic heterocycles. The molecule has 2 rings (SSSR count). The van der Waals surface area contributed by atoms with Crippen molar-refractivity contribution in [3.63, 3.8) is 0 Å². The van der Waals surface area contributed by atoms with Crippen molar-refractivity contribution >= 4 is 17.5 Å². The minimum absolute atomic E-state index is 0.00599. The van der Waals surface area contributed by atoms with Crippen molar-refractivity contribution in [3.05, 3.63) is 29.8 Å². The number of nitrogens with zero attached hydrogens (tertiary/aromatic N) is 2. The van der Waals surface area contributed by atoms with Gasteiger partial charge in [0.25, 0.3) is 0 Å². The maximum absolute atomic E-state index is 13.3. The van der Waals surface area contributed by atoms with Crippen LogP contribution in [0, 0.1) is 11.6 Å². The highest BCUT2D eigenvalue weighted by Crippen LogP contribution is 2.19. The number of hydrogen-bond donors (Lipinski definition) is 0. The van der Waals surface area contributed by atoms with Gasteiger partial charge in [0, 0.05) is 44.7 Å². The number of amides is 2. The van der Waals surface area contributed by atoms with Crippen LogP contribution in [-0.4, -0.2) is 36.3 Å². The summed E-state index contributed by atoms with van der Waals surface area (Å²) < 4.78 is 26.3. The molecule has 0 aliphatic carbocycles. The molecular weight excluding hydrogens is 290 g/mol. The molecule has 6 heteroatoms. The number of carbonyl (C=O) groups is 2. The number of likely N-dealkylation sites (tertiary alicyclic amines) is 1. The maximum Gasteiger partial charge on any atom is 0.224 e. The molecule has 1 heterocycles. The standard InChI is InChI=1S/C16H20F2N2O2/c1-12(21)20(13-5-6-14(17)15(18)11-13)10-7-16(22)19-8-3-2-4-9-19/h5-6,11H,2-4,7-10H2,1H3. The molecule has 0 bridgehead atoms. The van der Waals surface area contributed by atoms with Crippen molar-refractivity contribution in [1.82, 2.24) is 4.90 Å². The predicted molar refractivity (Wildman–Crippen MR) is 79.4 cm³/mol. The number of hydrogen-bond acceptors (Lipinski definition) is 2. The van der Waals surface area contributed by atoms with Crippen LogP contribution >= 0.6 is 0 Å². The Morgan fingerprint density at radius 3 is 2.41 bits per heavy atom. The number of halogens is 2. The molecule has 1 saturated heterocycles. The second-order valence-electron chi connectivity index (χ2n) is 5.46. The Morgan fingerprint density at radius 1 is 1.14 bits per heavy atom. The molecule has 2 amide bonds. The van der Waals surface area contributed by atoms with Gasteiger partial charge in [-0.25, -0.2) is 8.78 Å². The summed E-state index contributed by atoms with van der Waals surface area (Å²) in [6.07, 6.45) is 3.33. The average Bonchev–Trinajstić information content (AvgIpc) is 2.51. The van der Waals surface area contributed by atoms with E-state index in [-0.39, 0.29) is 30.5 Å². The van der Waals surface area contributed by atoms with Crippen molar-refractivity contribution in [2.75, 3.05) is 24.5 Å². The SMILES string of the molecule is CC(=O)N(CCC(=O)N1CCCCC1)c1ccc(F)c(F)c1. The fraction of sp³-hybridized carbons (Fsp3) is 0.500. The molecule has 1 aliphatic rings. The molecule has 1 fully saturated rings. The van der Waals surface area contributed by atoms with Crippen LogP contribution in [0.25, 0.3) is 0 Å². The van der Waals surface area contributed by atoms with Gasteiger partial charge in [-0.2, -0.15) is 0 Å². The van der Waals surface area contributed by atoms with Crippen molar-refractivity contribution in [2.45, 2.75) is 32.6 Å². The lowest BCUT2D eigenvalue weighted by Crippen LogP contribution is -2.39. The highest BCUT2D eigenvalue weighted by molar-refractivity contribution is 5.92. The minimum Gasteiger partial charge on any atom is -0.343 e. The van der Waals surface area contributed by atoms with E-state index in [0.29, 0.717) is 0 Å². The van der Waals surface area contributed by atoms with E-state index >= 15 is 0 Å². The quantitative estimate of drug-likeness (QED) is 0.858. The van der Waals surface area contributed by atoms with Crippen LogP contribution in [0.1, 0.15) is 32.6 Å². The van der Waals surface area contributed by atoms with E-state index in [4.69, 9.17) is 0 Å². The molecule has 0 aromatic heterocycles. The molecule has 22 heavy (non-hydrogen) atoms. The first kappa shape index (κ1) is 16.4. The summed E-state index contributed by atoms with van der Waals surface area (Å²) >= 11 is 0. The number of carbonyl (C=O) groups excluding carboxylic acids is 2. The lowest BCUT2D eigenvalue weighted by Gasteiger charge is -2.28. The summed E-state index contributed by atoms with van der Waals surface area (Å²) in [7, 11) is 0. The Balaban J connectivity index is 2.01. The predicted octanol–water partition coefficient (Wildman–Crippen LogP) is 2.72. The van der Waals surface area contributed by atoms with Gasteiger partial charge < -0.3 is 9.80 Å². The molecule has 0 unspecified atom stereocenters. The van der Waals surface area contributed by atoms with E-state index in [1.54, 1.807) is 4.90 Å². The highest BCUT2D eigenvalue weighted by atomic mass is 19.2. The average molecular weight is 310 g/mol. The van der Waals surface area contributed by atoms with Crippen LogP contribution < -0.4 is 4.90 Å². The Labute approximate surface area is 128 Å². The van der Waals surface area contributed by atoms with Crippen molar-refractivity contribution in [2.24, 2.45) is 0 Å². The van der Waals surface area contributed by atoms with Gasteiger partial charge in [-0.1, -0.05) is 0 Å². The first-order chi connectivity index (χ1) is 10.5. The van der Waals surface area contributed by atoms with Gasteiger partial charge in [-0.3, -0.25) is 9.59 Å². The Morgan fingerprint density at radius 2 is 1.82 bits per heavy atom. The van der Waals surface area contributed by atoms with E-state index in [1.165, 1.54) is 17.9 Å². The number of rotatable bonds is 4. The summed E-state index contributed by atoms with van der Waals surface area (Å²) in [6.45, 7) is 3.01. The second kappa shape index (κ2) is 7.33. The third-order valence-corrected chi connectivity index (χ3v) is 3.85. The van der Waals surface area contributed by atoms with Gasteiger partial charge in [-0.15, -0.1) is 0 Å². The van der Waals surface area contributed by atoms with Crippen LogP contribution in [0.2, 0.25) is 0 Å². The van der Waals surface area contributed by atoms with E-state index in [2.05, 4.69) is 0 Å². The first-order valence-corrected chi connectivity index (χ1v) is 7.50. The Kier molecular flexibility index (Phi) is 5.46. The van der Waals surface area contributed by atoms with Gasteiger partial charge in [0.05, 0.1) is 0 Å². The second-order valence-corrected chi connectivity index (χ2v) is 5.46. The van der Waals surface area contributed by atoms with E-state index in [1.807, 2.05) is 0 Å². The largest absolute Gasteiger partial charge is 0.343 e. The number of piperidine rings is 1. The lowest BCUT2D eigenvalue weighted by molar-refractivity contribution is -0.131. The molecule has 120 valence electrons. The summed E-state index contributed by atoms with van der Waals surface area (Å²) in [6, 6.07) is 3.29. The molecule has 0 radical (unpaired) electrons. The summed E-state index contributed by atoms with van der Waals surface area (Å²) in [4.78, 5) is 26.9. The summed E-state index contributed by atoms with van der Waals surface area (Å²) in [5.74, 6) is -2.28. The van der Waals surface area contributed by atoms with E-state index < -0.39 is 11.6 Å². The molecule has 4 nitrogen and oxygen atoms in total. The highest BCUT2D eigenvalue weighted by Gasteiger charge is 2.19. The fourth-order valence-electron chi connectivity index (χ4n) is 2.63. The summed E-state index contributed by atoms with van der Waals surface area (Å²) in [5, 5.41) is 0. The smallest absolute Gasteiger partial charge is 0.224 e. The molecule has 0 spiro atoms. The topological polar surface area (TPSA) is 40.6 Å². The summed E-state index contributed by atoms with van der Waals surface area (Å²) in [5.41, 5.74) is 0.262. The van der Waals surface area contributed by atoms with Crippen LogP contribution in [0.4, 0.5) is 14.5 Å². The molecule has 0 atom stereocenters. The third-order valence-electron chi connectivity index (χ3n) is 3.85. The fourth-order valence-corrected chi connectivity index (χ4v) is 2.63. The van der Waals surface area contributed by atoms with Crippen molar-refractivity contribution in [3.8, 4) is 0 Å². The number of benzene rings is 1. The van der Waals surface area contributed by atoms with Gasteiger partial charge >= 0.3 is 0 Å². The third kappa shape index (κ3) is 4.02. The van der Waals surface area contributed by atoms with Crippen LogP contribution in [0.15, 0.2) is 18.2 Å². The van der Waals surface area contributed by atoms with Crippen molar-refractivity contribution < 1.29 is 18.4 Å². The van der Waals surface area contributed by atoms with Crippen LogP contribution in [0.5, 0.6) is 0 Å². The number of anilines is 1. The monoisotopic (exact) mass is 310 g/mol. The minimum atomic E-state index is -1.01. The van der Waals surface area contributed by atoms with Gasteiger partial charge in [-0.05, 0) is 31.4 Å². The zero-order chi connectivity index (χ0) is 16.1. The molecule has 1 aromatic rings. The molecule has 0 saturated carbocycles. The van der Waals surface area contributed by atoms with Crippen LogP contribution in [0.3, 0.4) is 0 Å². The van der Waals surface area contributed by atoms with Crippen molar-refractivity contribution in [1.29, 1.82) is 0 Å². The van der Waals surface area contributed by atoms with Crippen LogP contribution in [-0.2, 0) is 9.59 Å². The molecular formula is C16H20F2N2O2. The van der Waals surface area contributed by atoms with E-state index in [9.17, 15) is 18.4 Å². The first-order valence-electron chi connectivity index (χ1n) is 7.50. The molecule has 0 N–H and O–H groups in total. The van der Waals surface area contributed by atoms with E-state index in [0.717, 1.165) is 44.5 Å². The normalized spacial score (nSPS) is 14.8. The Bertz CT molecular complexity index is 557. The maximum atomic E-state index is 13.3. The van der Waals surface area contributed by atoms with Gasteiger partial charge in [0.1, 0.15) is 0 Å². The van der Waals surface area contributed by atoms with Gasteiger partial charge in [0.2, 0.25) is 11.8 Å². The lowest BCUT2D eigenvalue weighted by atomic mass is 10.1. The zero-order valence-electron chi connectivity index (χ0n) is 12.6. The zero-order valence-corrected chi connectivity index (χ0v) is 12.6. The molecule has 1 aromatic carbocycles. The van der Waals surface area contributed by atoms with Gasteiger partial charge in [0.15, 0.2) is 11.6 Å². The Hall–Kier alpha value is -1.98.